The van der Waals surface area contributed by atoms with Gasteiger partial charge in [0.1, 0.15) is 22.7 Å². The van der Waals surface area contributed by atoms with Crippen LogP contribution in [0.15, 0.2) is 28.7 Å². The molecule has 22 heavy (non-hydrogen) atoms. The molecule has 0 aliphatic carbocycles. The van der Waals surface area contributed by atoms with Gasteiger partial charge in [-0.3, -0.25) is 0 Å². The van der Waals surface area contributed by atoms with E-state index in [1.807, 2.05) is 0 Å². The molecule has 2 aromatic carbocycles. The van der Waals surface area contributed by atoms with Crippen LogP contribution in [0.2, 0.25) is 0 Å². The summed E-state index contributed by atoms with van der Waals surface area (Å²) < 4.78 is 51.7. The second-order valence-electron chi connectivity index (χ2n) is 5.20. The molecule has 0 saturated heterocycles. The SMILES string of the molecule is CCCCCOc1cc(F)c2c(c1)oc1cc(F)c(F)cc12. The Kier molecular flexibility index (Phi) is 3.96. The molecule has 0 bridgehead atoms. The Bertz CT molecular complexity index is 824. The van der Waals surface area contributed by atoms with E-state index in [4.69, 9.17) is 9.15 Å². The Morgan fingerprint density at radius 2 is 1.68 bits per heavy atom. The highest BCUT2D eigenvalue weighted by molar-refractivity contribution is 6.05. The lowest BCUT2D eigenvalue weighted by molar-refractivity contribution is 0.305. The molecule has 0 atom stereocenters. The molecule has 0 unspecified atom stereocenters. The summed E-state index contributed by atoms with van der Waals surface area (Å²) in [6.07, 6.45) is 2.98. The van der Waals surface area contributed by atoms with E-state index in [-0.39, 0.29) is 21.9 Å². The number of hydrogen-bond acceptors (Lipinski definition) is 2. The highest BCUT2D eigenvalue weighted by Crippen LogP contribution is 2.34. The molecule has 0 N–H and O–H groups in total. The molecular formula is C17H15F3O2. The Labute approximate surface area is 125 Å². The number of benzene rings is 2. The van der Waals surface area contributed by atoms with Crippen LogP contribution in [0.3, 0.4) is 0 Å². The quantitative estimate of drug-likeness (QED) is 0.575. The van der Waals surface area contributed by atoms with Gasteiger partial charge in [-0.1, -0.05) is 19.8 Å². The zero-order valence-electron chi connectivity index (χ0n) is 12.1. The Hall–Kier alpha value is -2.17. The van der Waals surface area contributed by atoms with Gasteiger partial charge < -0.3 is 9.15 Å². The largest absolute Gasteiger partial charge is 0.493 e. The third-order valence-electron chi connectivity index (χ3n) is 3.56. The predicted octanol–water partition coefficient (Wildman–Crippen LogP) is 5.57. The van der Waals surface area contributed by atoms with Crippen molar-refractivity contribution in [3.05, 3.63) is 41.7 Å². The topological polar surface area (TPSA) is 22.4 Å². The lowest BCUT2D eigenvalue weighted by Gasteiger charge is -2.05. The average molecular weight is 308 g/mol. The van der Waals surface area contributed by atoms with Gasteiger partial charge in [0.25, 0.3) is 0 Å². The van der Waals surface area contributed by atoms with Crippen molar-refractivity contribution in [2.24, 2.45) is 0 Å². The van der Waals surface area contributed by atoms with E-state index in [0.29, 0.717) is 12.4 Å². The van der Waals surface area contributed by atoms with Gasteiger partial charge in [-0.2, -0.15) is 0 Å². The molecule has 1 heterocycles. The normalized spacial score (nSPS) is 11.5. The minimum Gasteiger partial charge on any atom is -0.493 e. The lowest BCUT2D eigenvalue weighted by Crippen LogP contribution is -1.97. The fourth-order valence-electron chi connectivity index (χ4n) is 2.45. The van der Waals surface area contributed by atoms with Gasteiger partial charge in [0, 0.05) is 23.6 Å². The van der Waals surface area contributed by atoms with Crippen LogP contribution in [0.4, 0.5) is 13.2 Å². The third-order valence-corrected chi connectivity index (χ3v) is 3.56. The third kappa shape index (κ3) is 2.63. The molecule has 0 radical (unpaired) electrons. The summed E-state index contributed by atoms with van der Waals surface area (Å²) in [6.45, 7) is 2.57. The van der Waals surface area contributed by atoms with Crippen molar-refractivity contribution in [1.29, 1.82) is 0 Å². The zero-order chi connectivity index (χ0) is 15.7. The van der Waals surface area contributed by atoms with Gasteiger partial charge in [-0.05, 0) is 12.5 Å². The van der Waals surface area contributed by atoms with E-state index in [1.165, 1.54) is 6.07 Å². The highest BCUT2D eigenvalue weighted by Gasteiger charge is 2.16. The minimum atomic E-state index is -1.03. The fourth-order valence-corrected chi connectivity index (χ4v) is 2.45. The molecule has 0 aliphatic heterocycles. The Morgan fingerprint density at radius 3 is 2.45 bits per heavy atom. The molecule has 0 saturated carbocycles. The zero-order valence-corrected chi connectivity index (χ0v) is 12.1. The van der Waals surface area contributed by atoms with Crippen LogP contribution < -0.4 is 4.74 Å². The molecule has 3 rings (SSSR count). The van der Waals surface area contributed by atoms with Gasteiger partial charge in [-0.25, -0.2) is 13.2 Å². The molecular weight excluding hydrogens is 293 g/mol. The van der Waals surface area contributed by atoms with Gasteiger partial charge >= 0.3 is 0 Å². The van der Waals surface area contributed by atoms with Crippen LogP contribution in [-0.4, -0.2) is 6.61 Å². The predicted molar refractivity (Wildman–Crippen MR) is 78.6 cm³/mol. The van der Waals surface area contributed by atoms with E-state index >= 15 is 0 Å². The van der Waals surface area contributed by atoms with Gasteiger partial charge in [0.05, 0.1) is 12.0 Å². The van der Waals surface area contributed by atoms with E-state index in [2.05, 4.69) is 6.92 Å². The Morgan fingerprint density at radius 1 is 0.909 bits per heavy atom. The monoisotopic (exact) mass is 308 g/mol. The maximum atomic E-state index is 14.3. The van der Waals surface area contributed by atoms with Crippen LogP contribution in [0.25, 0.3) is 21.9 Å². The number of fused-ring (bicyclic) bond motifs is 3. The maximum Gasteiger partial charge on any atom is 0.162 e. The summed E-state index contributed by atoms with van der Waals surface area (Å²) in [7, 11) is 0. The van der Waals surface area contributed by atoms with Crippen molar-refractivity contribution in [3.8, 4) is 5.75 Å². The van der Waals surface area contributed by atoms with Crippen molar-refractivity contribution in [2.75, 3.05) is 6.61 Å². The average Bonchev–Trinajstić information content (AvgIpc) is 2.82. The van der Waals surface area contributed by atoms with Gasteiger partial charge in [-0.15, -0.1) is 0 Å². The number of furan rings is 1. The maximum absolute atomic E-state index is 14.3. The smallest absolute Gasteiger partial charge is 0.162 e. The number of rotatable bonds is 5. The first-order valence-corrected chi connectivity index (χ1v) is 7.23. The van der Waals surface area contributed by atoms with Crippen LogP contribution in [0, 0.1) is 17.5 Å². The number of ether oxygens (including phenoxy) is 1. The number of halogens is 3. The van der Waals surface area contributed by atoms with Crippen molar-refractivity contribution in [3.63, 3.8) is 0 Å². The summed E-state index contributed by atoms with van der Waals surface area (Å²) in [4.78, 5) is 0. The molecule has 0 aliphatic rings. The summed E-state index contributed by atoms with van der Waals surface area (Å²) in [5, 5.41) is 0.346. The summed E-state index contributed by atoms with van der Waals surface area (Å²) in [5.74, 6) is -2.29. The van der Waals surface area contributed by atoms with Crippen LogP contribution in [0.1, 0.15) is 26.2 Å². The van der Waals surface area contributed by atoms with Crippen LogP contribution in [-0.2, 0) is 0 Å². The summed E-state index contributed by atoms with van der Waals surface area (Å²) >= 11 is 0. The lowest BCUT2D eigenvalue weighted by atomic mass is 10.1. The molecule has 116 valence electrons. The van der Waals surface area contributed by atoms with Crippen molar-refractivity contribution < 1.29 is 22.3 Å². The number of unbranched alkanes of at least 4 members (excludes halogenated alkanes) is 2. The fraction of sp³-hybridized carbons (Fsp3) is 0.294. The first-order valence-electron chi connectivity index (χ1n) is 7.23. The van der Waals surface area contributed by atoms with E-state index < -0.39 is 17.5 Å². The molecule has 0 amide bonds. The minimum absolute atomic E-state index is 0.107. The number of hydrogen-bond donors (Lipinski definition) is 0. The van der Waals surface area contributed by atoms with Crippen molar-refractivity contribution in [1.82, 2.24) is 0 Å². The van der Waals surface area contributed by atoms with Gasteiger partial charge in [0.15, 0.2) is 11.6 Å². The molecule has 3 aromatic rings. The first kappa shape index (κ1) is 14.8. The van der Waals surface area contributed by atoms with Crippen LogP contribution in [0.5, 0.6) is 5.75 Å². The highest BCUT2D eigenvalue weighted by atomic mass is 19.2. The first-order chi connectivity index (χ1) is 10.6. The van der Waals surface area contributed by atoms with Crippen molar-refractivity contribution >= 4 is 21.9 Å². The summed E-state index contributed by atoms with van der Waals surface area (Å²) in [5.41, 5.74) is 0.321. The summed E-state index contributed by atoms with van der Waals surface area (Å²) in [6, 6.07) is 4.65. The molecule has 0 spiro atoms. The van der Waals surface area contributed by atoms with Crippen molar-refractivity contribution in [2.45, 2.75) is 26.2 Å². The van der Waals surface area contributed by atoms with E-state index in [1.54, 1.807) is 6.07 Å². The second kappa shape index (κ2) is 5.91. The molecule has 1 aromatic heterocycles. The standard InChI is InChI=1S/C17H15F3O2/c1-2-3-4-5-21-10-6-14(20)17-11-8-12(18)13(19)9-15(11)22-16(17)7-10/h6-9H,2-5H2,1H3. The Balaban J connectivity index is 2.01. The van der Waals surface area contributed by atoms with E-state index in [0.717, 1.165) is 31.4 Å². The van der Waals surface area contributed by atoms with Gasteiger partial charge in [0.2, 0.25) is 0 Å². The molecule has 2 nitrogen and oxygen atoms in total. The van der Waals surface area contributed by atoms with Crippen LogP contribution >= 0.6 is 0 Å². The molecule has 0 fully saturated rings. The van der Waals surface area contributed by atoms with E-state index in [9.17, 15) is 13.2 Å². The second-order valence-corrected chi connectivity index (χ2v) is 5.20. The molecule has 5 heteroatoms.